The number of sulfonamides is 1. The number of aliphatic imine (C=N–C) groups is 1. The van der Waals surface area contributed by atoms with E-state index in [0.717, 1.165) is 38.7 Å². The summed E-state index contributed by atoms with van der Waals surface area (Å²) >= 11 is 0. The Morgan fingerprint density at radius 2 is 2.24 bits per heavy atom. The highest BCUT2D eigenvalue weighted by molar-refractivity contribution is 7.89. The van der Waals surface area contributed by atoms with E-state index in [-0.39, 0.29) is 18.4 Å². The van der Waals surface area contributed by atoms with E-state index < -0.39 is 10.0 Å². The minimum absolute atomic E-state index is 0.00200. The van der Waals surface area contributed by atoms with E-state index in [9.17, 15) is 8.42 Å². The molecule has 4 N–H and O–H groups in total. The van der Waals surface area contributed by atoms with E-state index >= 15 is 0 Å². The number of nitrogens with two attached hydrogens (primary N) is 1. The van der Waals surface area contributed by atoms with E-state index in [4.69, 9.17) is 10.5 Å². The number of nitrogens with one attached hydrogen (secondary N) is 2. The van der Waals surface area contributed by atoms with Gasteiger partial charge in [0.15, 0.2) is 5.96 Å². The maximum Gasteiger partial charge on any atom is 0.213 e. The molecular weight excluding hydrogens is 292 g/mol. The first-order chi connectivity index (χ1) is 10.0. The molecule has 0 saturated carbocycles. The lowest BCUT2D eigenvalue weighted by molar-refractivity contribution is 0.0200. The summed E-state index contributed by atoms with van der Waals surface area (Å²) in [5.41, 5.74) is 5.64. The molecule has 1 rings (SSSR count). The molecule has 1 aliphatic rings. The van der Waals surface area contributed by atoms with Crippen molar-refractivity contribution >= 4 is 16.0 Å². The van der Waals surface area contributed by atoms with Gasteiger partial charge in [-0.05, 0) is 25.7 Å². The Labute approximate surface area is 127 Å². The predicted molar refractivity (Wildman–Crippen MR) is 84.8 cm³/mol. The van der Waals surface area contributed by atoms with Crippen molar-refractivity contribution in [1.82, 2.24) is 10.0 Å². The number of hydrogen-bond donors (Lipinski definition) is 3. The zero-order valence-corrected chi connectivity index (χ0v) is 13.6. The van der Waals surface area contributed by atoms with Crippen molar-refractivity contribution in [3.8, 4) is 0 Å². The van der Waals surface area contributed by atoms with Gasteiger partial charge in [0.25, 0.3) is 0 Å². The van der Waals surface area contributed by atoms with Crippen LogP contribution in [-0.4, -0.2) is 52.5 Å². The Balaban J connectivity index is 2.18. The summed E-state index contributed by atoms with van der Waals surface area (Å²) < 4.78 is 31.7. The third-order valence-corrected chi connectivity index (χ3v) is 4.62. The molecule has 0 radical (unpaired) electrons. The normalized spacial score (nSPS) is 20.4. The van der Waals surface area contributed by atoms with Crippen LogP contribution in [0, 0.1) is 0 Å². The lowest BCUT2D eigenvalue weighted by atomic mass is 10.1. The van der Waals surface area contributed by atoms with Crippen molar-refractivity contribution in [3.05, 3.63) is 0 Å². The molecular formula is C13H28N4O3S. The van der Waals surface area contributed by atoms with Crippen molar-refractivity contribution < 1.29 is 13.2 Å². The fourth-order valence-electron chi connectivity index (χ4n) is 1.99. The van der Waals surface area contributed by atoms with Crippen LogP contribution >= 0.6 is 0 Å². The summed E-state index contributed by atoms with van der Waals surface area (Å²) in [6.07, 6.45) is 5.10. The van der Waals surface area contributed by atoms with Gasteiger partial charge in [-0.2, -0.15) is 0 Å². The van der Waals surface area contributed by atoms with Crippen molar-refractivity contribution in [3.63, 3.8) is 0 Å². The summed E-state index contributed by atoms with van der Waals surface area (Å²) in [7, 11) is -3.30. The van der Waals surface area contributed by atoms with Crippen LogP contribution < -0.4 is 15.8 Å². The Morgan fingerprint density at radius 3 is 2.90 bits per heavy atom. The summed E-state index contributed by atoms with van der Waals surface area (Å²) in [5.74, 6) is 0.276. The number of rotatable bonds is 9. The van der Waals surface area contributed by atoms with Crippen LogP contribution in [0.3, 0.4) is 0 Å². The second kappa shape index (κ2) is 9.97. The van der Waals surface area contributed by atoms with Crippen molar-refractivity contribution in [1.29, 1.82) is 0 Å². The minimum Gasteiger partial charge on any atom is -0.377 e. The molecule has 1 unspecified atom stereocenters. The van der Waals surface area contributed by atoms with Crippen molar-refractivity contribution in [2.75, 3.05) is 32.0 Å². The molecule has 0 bridgehead atoms. The molecule has 1 atom stereocenters. The molecule has 0 aromatic rings. The molecule has 0 spiro atoms. The molecule has 1 aliphatic heterocycles. The number of hydrogen-bond acceptors (Lipinski definition) is 4. The zero-order chi connectivity index (χ0) is 15.6. The van der Waals surface area contributed by atoms with E-state index in [1.54, 1.807) is 0 Å². The fourth-order valence-corrected chi connectivity index (χ4v) is 2.94. The summed E-state index contributed by atoms with van der Waals surface area (Å²) in [4.78, 5) is 4.10. The van der Waals surface area contributed by atoms with Gasteiger partial charge >= 0.3 is 0 Å². The second-order valence-electron chi connectivity index (χ2n) is 5.20. The van der Waals surface area contributed by atoms with Crippen molar-refractivity contribution in [2.45, 2.75) is 45.1 Å². The number of unbranched alkanes of at least 4 members (excludes halogenated alkanes) is 1. The smallest absolute Gasteiger partial charge is 0.213 e. The largest absolute Gasteiger partial charge is 0.377 e. The van der Waals surface area contributed by atoms with Crippen LogP contribution in [0.15, 0.2) is 4.99 Å². The van der Waals surface area contributed by atoms with E-state index in [1.165, 1.54) is 0 Å². The van der Waals surface area contributed by atoms with Crippen LogP contribution in [0.25, 0.3) is 0 Å². The summed E-state index contributed by atoms with van der Waals surface area (Å²) in [5, 5.41) is 2.81. The van der Waals surface area contributed by atoms with Gasteiger partial charge in [-0.25, -0.2) is 13.1 Å². The monoisotopic (exact) mass is 320 g/mol. The van der Waals surface area contributed by atoms with Gasteiger partial charge in [-0.3, -0.25) is 4.99 Å². The molecule has 0 aliphatic carbocycles. The maximum absolute atomic E-state index is 11.8. The Morgan fingerprint density at radius 1 is 1.43 bits per heavy atom. The Kier molecular flexibility index (Phi) is 8.63. The number of ether oxygens (including phenoxy) is 1. The third-order valence-electron chi connectivity index (χ3n) is 3.28. The van der Waals surface area contributed by atoms with Crippen LogP contribution in [-0.2, 0) is 14.8 Å². The standard InChI is InChI=1S/C13H28N4O3S/c1-2-3-7-15-13(14)16-8-10-21(18,19)17-11-12-6-4-5-9-20-12/h12,17H,2-11H2,1H3,(H3,14,15,16). The zero-order valence-electron chi connectivity index (χ0n) is 12.8. The highest BCUT2D eigenvalue weighted by Gasteiger charge is 2.17. The number of nitrogens with zero attached hydrogens (tertiary/aromatic N) is 1. The molecule has 1 heterocycles. The van der Waals surface area contributed by atoms with Gasteiger partial charge < -0.3 is 15.8 Å². The molecule has 0 aromatic carbocycles. The lowest BCUT2D eigenvalue weighted by Crippen LogP contribution is -2.40. The van der Waals surface area contributed by atoms with E-state index in [0.29, 0.717) is 19.0 Å². The highest BCUT2D eigenvalue weighted by Crippen LogP contribution is 2.11. The Bertz CT molecular complexity index is 406. The van der Waals surface area contributed by atoms with Crippen LogP contribution in [0.2, 0.25) is 0 Å². The van der Waals surface area contributed by atoms with E-state index in [1.807, 2.05) is 0 Å². The van der Waals surface area contributed by atoms with Gasteiger partial charge in [0.2, 0.25) is 10.0 Å². The van der Waals surface area contributed by atoms with Crippen LogP contribution in [0.1, 0.15) is 39.0 Å². The quantitative estimate of drug-likeness (QED) is 0.319. The van der Waals surface area contributed by atoms with Crippen molar-refractivity contribution in [2.24, 2.45) is 10.7 Å². The SMILES string of the molecule is CCCCN=C(N)NCCS(=O)(=O)NCC1CCCCO1. The first kappa shape index (κ1) is 18.2. The molecule has 0 amide bonds. The average molecular weight is 320 g/mol. The minimum atomic E-state index is -3.30. The molecule has 21 heavy (non-hydrogen) atoms. The maximum atomic E-state index is 11.8. The van der Waals surface area contributed by atoms with Gasteiger partial charge in [0, 0.05) is 26.2 Å². The molecule has 1 fully saturated rings. The predicted octanol–water partition coefficient (Wildman–Crippen LogP) is 0.179. The van der Waals surface area contributed by atoms with Crippen LogP contribution in [0.4, 0.5) is 0 Å². The molecule has 7 nitrogen and oxygen atoms in total. The molecule has 8 heteroatoms. The highest BCUT2D eigenvalue weighted by atomic mass is 32.2. The second-order valence-corrected chi connectivity index (χ2v) is 7.13. The lowest BCUT2D eigenvalue weighted by Gasteiger charge is -2.22. The first-order valence-corrected chi connectivity index (χ1v) is 9.31. The van der Waals surface area contributed by atoms with Gasteiger partial charge in [-0.1, -0.05) is 13.3 Å². The average Bonchev–Trinajstić information content (AvgIpc) is 2.46. The fraction of sp³-hybridized carbons (Fsp3) is 0.923. The van der Waals surface area contributed by atoms with Gasteiger partial charge in [0.05, 0.1) is 11.9 Å². The first-order valence-electron chi connectivity index (χ1n) is 7.66. The molecule has 124 valence electrons. The Hall–Kier alpha value is -0.860. The topological polar surface area (TPSA) is 106 Å². The van der Waals surface area contributed by atoms with Crippen LogP contribution in [0.5, 0.6) is 0 Å². The third kappa shape index (κ3) is 8.90. The van der Waals surface area contributed by atoms with E-state index in [2.05, 4.69) is 22.0 Å². The summed E-state index contributed by atoms with van der Waals surface area (Å²) in [6.45, 7) is 4.07. The number of guanidine groups is 1. The molecule has 0 aromatic heterocycles. The van der Waals surface area contributed by atoms with Gasteiger partial charge in [0.1, 0.15) is 0 Å². The van der Waals surface area contributed by atoms with Gasteiger partial charge in [-0.15, -0.1) is 0 Å². The molecule has 1 saturated heterocycles. The summed E-state index contributed by atoms with van der Waals surface area (Å²) in [6, 6.07) is 0.